The van der Waals surface area contributed by atoms with Crippen molar-refractivity contribution in [3.05, 3.63) is 29.8 Å². The Morgan fingerprint density at radius 1 is 1.29 bits per heavy atom. The first-order chi connectivity index (χ1) is 9.85. The van der Waals surface area contributed by atoms with E-state index in [4.69, 9.17) is 0 Å². The van der Waals surface area contributed by atoms with Crippen LogP contribution in [-0.2, 0) is 6.42 Å². The third-order valence-corrected chi connectivity index (χ3v) is 4.99. The molecule has 3 atom stereocenters. The molecule has 0 bridgehead atoms. The minimum atomic E-state index is 0.351. The molecule has 1 aliphatic carbocycles. The molecule has 0 amide bonds. The average molecular weight is 289 g/mol. The first kappa shape index (κ1) is 16.4. The standard InChI is InChI=1S/C19H31NO/c1-14-13-19(3,4)12-11-18(14)20-15(2)5-6-16-7-9-17(21)10-8-16/h7-10,14-15,18,20-21H,5-6,11-13H2,1-4H3. The van der Waals surface area contributed by atoms with Crippen LogP contribution in [0.15, 0.2) is 24.3 Å². The molecule has 0 saturated heterocycles. The summed E-state index contributed by atoms with van der Waals surface area (Å²) in [7, 11) is 0. The molecule has 0 spiro atoms. The van der Waals surface area contributed by atoms with Gasteiger partial charge in [0.2, 0.25) is 0 Å². The number of hydrogen-bond acceptors (Lipinski definition) is 2. The van der Waals surface area contributed by atoms with Crippen molar-refractivity contribution in [2.45, 2.75) is 71.9 Å². The van der Waals surface area contributed by atoms with Crippen molar-refractivity contribution >= 4 is 0 Å². The predicted molar refractivity (Wildman–Crippen MR) is 89.6 cm³/mol. The second kappa shape index (κ2) is 6.83. The summed E-state index contributed by atoms with van der Waals surface area (Å²) in [6, 6.07) is 8.82. The van der Waals surface area contributed by atoms with E-state index in [0.29, 0.717) is 23.2 Å². The van der Waals surface area contributed by atoms with Crippen LogP contribution in [-0.4, -0.2) is 17.2 Å². The van der Waals surface area contributed by atoms with E-state index in [1.807, 2.05) is 12.1 Å². The number of nitrogens with one attached hydrogen (secondary N) is 1. The molecule has 1 fully saturated rings. The second-order valence-electron chi connectivity index (χ2n) is 7.76. The van der Waals surface area contributed by atoms with Crippen molar-refractivity contribution < 1.29 is 5.11 Å². The van der Waals surface area contributed by atoms with Crippen molar-refractivity contribution in [2.75, 3.05) is 0 Å². The third kappa shape index (κ3) is 5.03. The van der Waals surface area contributed by atoms with Crippen LogP contribution in [0.25, 0.3) is 0 Å². The second-order valence-corrected chi connectivity index (χ2v) is 7.76. The lowest BCUT2D eigenvalue weighted by molar-refractivity contribution is 0.142. The van der Waals surface area contributed by atoms with Crippen molar-refractivity contribution in [3.63, 3.8) is 0 Å². The number of phenols is 1. The summed E-state index contributed by atoms with van der Waals surface area (Å²) in [5.74, 6) is 1.12. The molecular weight excluding hydrogens is 258 g/mol. The zero-order chi connectivity index (χ0) is 15.5. The van der Waals surface area contributed by atoms with Crippen LogP contribution in [0.1, 0.15) is 58.9 Å². The van der Waals surface area contributed by atoms with Crippen LogP contribution in [0.2, 0.25) is 0 Å². The Morgan fingerprint density at radius 3 is 2.57 bits per heavy atom. The zero-order valence-corrected chi connectivity index (χ0v) is 14.0. The average Bonchev–Trinajstić information content (AvgIpc) is 2.41. The van der Waals surface area contributed by atoms with Crippen molar-refractivity contribution in [1.82, 2.24) is 5.32 Å². The Hall–Kier alpha value is -1.02. The van der Waals surface area contributed by atoms with Gasteiger partial charge < -0.3 is 10.4 Å². The highest BCUT2D eigenvalue weighted by Crippen LogP contribution is 2.38. The molecule has 2 rings (SSSR count). The molecule has 1 aliphatic rings. The Morgan fingerprint density at radius 2 is 1.95 bits per heavy atom. The smallest absolute Gasteiger partial charge is 0.115 e. The lowest BCUT2D eigenvalue weighted by atomic mass is 9.70. The number of phenolic OH excluding ortho intramolecular Hbond substituents is 1. The summed E-state index contributed by atoms with van der Waals surface area (Å²) in [6.07, 6.45) is 6.19. The maximum absolute atomic E-state index is 9.31. The van der Waals surface area contributed by atoms with E-state index >= 15 is 0 Å². The van der Waals surface area contributed by atoms with Crippen LogP contribution in [0, 0.1) is 11.3 Å². The molecule has 1 aromatic rings. The van der Waals surface area contributed by atoms with Gasteiger partial charge in [-0.25, -0.2) is 0 Å². The summed E-state index contributed by atoms with van der Waals surface area (Å²) in [5.41, 5.74) is 1.83. The molecule has 2 nitrogen and oxygen atoms in total. The van der Waals surface area contributed by atoms with Gasteiger partial charge in [0.15, 0.2) is 0 Å². The molecule has 118 valence electrons. The van der Waals surface area contributed by atoms with E-state index in [1.165, 1.54) is 24.8 Å². The summed E-state index contributed by atoms with van der Waals surface area (Å²) < 4.78 is 0. The third-order valence-electron chi connectivity index (χ3n) is 4.99. The Bertz CT molecular complexity index is 437. The minimum absolute atomic E-state index is 0.351. The summed E-state index contributed by atoms with van der Waals surface area (Å²) in [6.45, 7) is 9.49. The van der Waals surface area contributed by atoms with E-state index in [-0.39, 0.29) is 0 Å². The van der Waals surface area contributed by atoms with Gasteiger partial charge in [0, 0.05) is 12.1 Å². The normalized spacial score (nSPS) is 26.5. The zero-order valence-electron chi connectivity index (χ0n) is 14.0. The molecule has 0 aromatic heterocycles. The first-order valence-corrected chi connectivity index (χ1v) is 8.40. The SMILES string of the molecule is CC(CCc1ccc(O)cc1)NC1CCC(C)(C)CC1C. The topological polar surface area (TPSA) is 32.3 Å². The molecule has 21 heavy (non-hydrogen) atoms. The number of rotatable bonds is 5. The van der Waals surface area contributed by atoms with E-state index in [2.05, 4.69) is 33.0 Å². The highest BCUT2D eigenvalue weighted by Gasteiger charge is 2.32. The van der Waals surface area contributed by atoms with Crippen molar-refractivity contribution in [2.24, 2.45) is 11.3 Å². The van der Waals surface area contributed by atoms with Gasteiger partial charge in [-0.05, 0) is 68.1 Å². The van der Waals surface area contributed by atoms with E-state index < -0.39 is 0 Å². The van der Waals surface area contributed by atoms with Gasteiger partial charge in [-0.2, -0.15) is 0 Å². The molecule has 0 heterocycles. The summed E-state index contributed by atoms with van der Waals surface area (Å²) in [5, 5.41) is 13.1. The molecule has 3 unspecified atom stereocenters. The number of aryl methyl sites for hydroxylation is 1. The largest absolute Gasteiger partial charge is 0.508 e. The molecule has 1 aromatic carbocycles. The Balaban J connectivity index is 1.77. The van der Waals surface area contributed by atoms with E-state index in [1.54, 1.807) is 12.1 Å². The molecule has 0 radical (unpaired) electrons. The van der Waals surface area contributed by atoms with Gasteiger partial charge in [0.25, 0.3) is 0 Å². The van der Waals surface area contributed by atoms with E-state index in [0.717, 1.165) is 18.8 Å². The fraction of sp³-hybridized carbons (Fsp3) is 0.684. The number of aromatic hydroxyl groups is 1. The van der Waals surface area contributed by atoms with Crippen LogP contribution >= 0.6 is 0 Å². The highest BCUT2D eigenvalue weighted by atomic mass is 16.3. The molecule has 1 saturated carbocycles. The molecule has 2 N–H and O–H groups in total. The summed E-state index contributed by atoms with van der Waals surface area (Å²) in [4.78, 5) is 0. The van der Waals surface area contributed by atoms with Crippen LogP contribution < -0.4 is 5.32 Å². The lowest BCUT2D eigenvalue weighted by Crippen LogP contribution is -2.45. The van der Waals surface area contributed by atoms with Gasteiger partial charge in [0.1, 0.15) is 5.75 Å². The molecule has 0 aliphatic heterocycles. The van der Waals surface area contributed by atoms with Gasteiger partial charge in [0.05, 0.1) is 0 Å². The van der Waals surface area contributed by atoms with Crippen molar-refractivity contribution in [3.8, 4) is 5.75 Å². The van der Waals surface area contributed by atoms with Crippen LogP contribution in [0.5, 0.6) is 5.75 Å². The van der Waals surface area contributed by atoms with E-state index in [9.17, 15) is 5.11 Å². The van der Waals surface area contributed by atoms with Gasteiger partial charge >= 0.3 is 0 Å². The van der Waals surface area contributed by atoms with Gasteiger partial charge in [-0.1, -0.05) is 32.9 Å². The maximum Gasteiger partial charge on any atom is 0.115 e. The van der Waals surface area contributed by atoms with Crippen molar-refractivity contribution in [1.29, 1.82) is 0 Å². The number of benzene rings is 1. The lowest BCUT2D eigenvalue weighted by Gasteiger charge is -2.40. The summed E-state index contributed by atoms with van der Waals surface area (Å²) >= 11 is 0. The van der Waals surface area contributed by atoms with Crippen LogP contribution in [0.4, 0.5) is 0 Å². The quantitative estimate of drug-likeness (QED) is 0.835. The first-order valence-electron chi connectivity index (χ1n) is 8.40. The molecule has 2 heteroatoms. The highest BCUT2D eigenvalue weighted by molar-refractivity contribution is 5.25. The fourth-order valence-corrected chi connectivity index (χ4v) is 3.69. The van der Waals surface area contributed by atoms with Gasteiger partial charge in [-0.3, -0.25) is 0 Å². The van der Waals surface area contributed by atoms with Crippen LogP contribution in [0.3, 0.4) is 0 Å². The van der Waals surface area contributed by atoms with Gasteiger partial charge in [-0.15, -0.1) is 0 Å². The predicted octanol–water partition coefficient (Wildman–Crippen LogP) is 4.52. The number of hydrogen-bond donors (Lipinski definition) is 2. The molecular formula is C19H31NO. The maximum atomic E-state index is 9.31. The Labute approximate surface area is 130 Å². The monoisotopic (exact) mass is 289 g/mol. The fourth-order valence-electron chi connectivity index (χ4n) is 3.69. The minimum Gasteiger partial charge on any atom is -0.508 e. The Kier molecular flexibility index (Phi) is 5.32.